The maximum Gasteiger partial charge on any atom is 0.251 e. The number of amides is 1. The highest BCUT2D eigenvalue weighted by Crippen LogP contribution is 2.06. The number of sulfonamides is 1. The van der Waals surface area contributed by atoms with Crippen LogP contribution in [0.5, 0.6) is 0 Å². The highest BCUT2D eigenvalue weighted by Gasteiger charge is 2.25. The number of hydrogen-bond acceptors (Lipinski definition) is 4. The van der Waals surface area contributed by atoms with Crippen LogP contribution in [-0.2, 0) is 10.0 Å². The normalized spacial score (nSPS) is 12.4. The minimum absolute atomic E-state index is 0.129. The number of hydrogen-bond donors (Lipinski definition) is 2. The van der Waals surface area contributed by atoms with E-state index in [1.165, 1.54) is 12.4 Å². The first-order valence-corrected chi connectivity index (χ1v) is 7.90. The molecule has 0 aliphatic carbocycles. The molecule has 0 spiro atoms. The molecule has 0 aliphatic rings. The van der Waals surface area contributed by atoms with E-state index in [4.69, 9.17) is 0 Å². The van der Waals surface area contributed by atoms with Crippen LogP contribution in [0.1, 0.15) is 38.1 Å². The zero-order chi connectivity index (χ0) is 15.4. The zero-order valence-electron chi connectivity index (χ0n) is 12.2. The van der Waals surface area contributed by atoms with Gasteiger partial charge in [0.25, 0.3) is 5.91 Å². The summed E-state index contributed by atoms with van der Waals surface area (Å²) in [4.78, 5) is 15.8. The molecule has 7 heteroatoms. The van der Waals surface area contributed by atoms with Crippen LogP contribution in [0.15, 0.2) is 24.5 Å². The van der Waals surface area contributed by atoms with E-state index < -0.39 is 20.8 Å². The van der Waals surface area contributed by atoms with E-state index in [0.29, 0.717) is 5.56 Å². The number of carbonyl (C=O) groups excluding carboxylic acids is 1. The third-order valence-corrected chi connectivity index (χ3v) is 4.52. The summed E-state index contributed by atoms with van der Waals surface area (Å²) in [5, 5.41) is 2.29. The molecule has 0 atom stereocenters. The van der Waals surface area contributed by atoms with Gasteiger partial charge in [0, 0.05) is 30.0 Å². The molecule has 0 radical (unpaired) electrons. The van der Waals surface area contributed by atoms with Gasteiger partial charge in [-0.25, -0.2) is 13.1 Å². The van der Waals surface area contributed by atoms with E-state index >= 15 is 0 Å². The van der Waals surface area contributed by atoms with Crippen LogP contribution in [-0.4, -0.2) is 36.6 Å². The molecule has 0 unspecified atom stereocenters. The minimum atomic E-state index is -3.34. The summed E-state index contributed by atoms with van der Waals surface area (Å²) in [5.41, 5.74) is -0.206. The summed E-state index contributed by atoms with van der Waals surface area (Å²) in [7, 11) is -3.34. The standard InChI is InChI=1S/C13H21N3O3S/c1-10(2)20(18,19)15-9-13(3,4)16-12(17)11-5-7-14-8-6-11/h5-8,10,15H,9H2,1-4H3,(H,16,17). The van der Waals surface area contributed by atoms with Crippen LogP contribution in [0.25, 0.3) is 0 Å². The molecule has 0 aliphatic heterocycles. The fraction of sp³-hybridized carbons (Fsp3) is 0.538. The van der Waals surface area contributed by atoms with Crippen LogP contribution in [0, 0.1) is 0 Å². The van der Waals surface area contributed by atoms with Crippen molar-refractivity contribution in [2.75, 3.05) is 6.54 Å². The Morgan fingerprint density at radius 1 is 1.30 bits per heavy atom. The third-order valence-electron chi connectivity index (χ3n) is 2.73. The van der Waals surface area contributed by atoms with Crippen LogP contribution >= 0.6 is 0 Å². The lowest BCUT2D eigenvalue weighted by molar-refractivity contribution is 0.0914. The molecule has 2 N–H and O–H groups in total. The molecule has 1 rings (SSSR count). The number of nitrogens with zero attached hydrogens (tertiary/aromatic N) is 1. The zero-order valence-corrected chi connectivity index (χ0v) is 13.0. The first kappa shape index (κ1) is 16.6. The number of rotatable bonds is 6. The quantitative estimate of drug-likeness (QED) is 0.817. The SMILES string of the molecule is CC(C)S(=O)(=O)NCC(C)(C)NC(=O)c1ccncc1. The van der Waals surface area contributed by atoms with Gasteiger partial charge in [-0.1, -0.05) is 0 Å². The first-order chi connectivity index (χ1) is 9.14. The Morgan fingerprint density at radius 3 is 2.35 bits per heavy atom. The summed E-state index contributed by atoms with van der Waals surface area (Å²) in [6.45, 7) is 6.85. The van der Waals surface area contributed by atoms with Crippen molar-refractivity contribution >= 4 is 15.9 Å². The van der Waals surface area contributed by atoms with Crippen LogP contribution in [0.4, 0.5) is 0 Å². The molecule has 1 heterocycles. The Morgan fingerprint density at radius 2 is 1.85 bits per heavy atom. The van der Waals surface area contributed by atoms with Crippen molar-refractivity contribution in [3.05, 3.63) is 30.1 Å². The molecule has 0 aromatic carbocycles. The van der Waals surface area contributed by atoms with Gasteiger partial charge < -0.3 is 5.32 Å². The second kappa shape index (κ2) is 6.32. The second-order valence-corrected chi connectivity index (χ2v) is 7.81. The molecular formula is C13H21N3O3S. The molecule has 112 valence electrons. The Balaban J connectivity index is 2.64. The lowest BCUT2D eigenvalue weighted by Crippen LogP contribution is -2.52. The van der Waals surface area contributed by atoms with Gasteiger partial charge in [0.1, 0.15) is 0 Å². The van der Waals surface area contributed by atoms with Crippen LogP contribution in [0.2, 0.25) is 0 Å². The fourth-order valence-corrected chi connectivity index (χ4v) is 2.27. The van der Waals surface area contributed by atoms with Crippen molar-refractivity contribution < 1.29 is 13.2 Å². The van der Waals surface area contributed by atoms with Gasteiger partial charge in [0.15, 0.2) is 0 Å². The number of aromatic nitrogens is 1. The number of nitrogens with one attached hydrogen (secondary N) is 2. The van der Waals surface area contributed by atoms with Gasteiger partial charge in [-0.05, 0) is 39.8 Å². The Labute approximate surface area is 120 Å². The number of carbonyl (C=O) groups is 1. The van der Waals surface area contributed by atoms with E-state index in [-0.39, 0.29) is 12.5 Å². The molecule has 20 heavy (non-hydrogen) atoms. The maximum atomic E-state index is 12.0. The molecule has 0 saturated heterocycles. The van der Waals surface area contributed by atoms with Gasteiger partial charge in [-0.3, -0.25) is 9.78 Å². The first-order valence-electron chi connectivity index (χ1n) is 6.35. The van der Waals surface area contributed by atoms with E-state index in [9.17, 15) is 13.2 Å². The summed E-state index contributed by atoms with van der Waals surface area (Å²) < 4.78 is 25.9. The maximum absolute atomic E-state index is 12.0. The van der Waals surface area contributed by atoms with E-state index in [1.807, 2.05) is 0 Å². The molecule has 0 bridgehead atoms. The van der Waals surface area contributed by atoms with E-state index in [2.05, 4.69) is 15.0 Å². The number of pyridine rings is 1. The lowest BCUT2D eigenvalue weighted by Gasteiger charge is -2.27. The Hall–Kier alpha value is -1.47. The van der Waals surface area contributed by atoms with Crippen molar-refractivity contribution in [2.45, 2.75) is 38.5 Å². The van der Waals surface area contributed by atoms with Crippen molar-refractivity contribution in [3.63, 3.8) is 0 Å². The third kappa shape index (κ3) is 4.90. The lowest BCUT2D eigenvalue weighted by atomic mass is 10.1. The van der Waals surface area contributed by atoms with Gasteiger partial charge in [-0.15, -0.1) is 0 Å². The summed E-state index contributed by atoms with van der Waals surface area (Å²) in [5.74, 6) is -0.263. The topological polar surface area (TPSA) is 88.2 Å². The summed E-state index contributed by atoms with van der Waals surface area (Å²) in [6, 6.07) is 3.20. The van der Waals surface area contributed by atoms with Crippen molar-refractivity contribution in [3.8, 4) is 0 Å². The Kier molecular flexibility index (Phi) is 5.24. The molecule has 0 fully saturated rings. The van der Waals surface area contributed by atoms with Gasteiger partial charge in [0.2, 0.25) is 10.0 Å². The monoisotopic (exact) mass is 299 g/mol. The van der Waals surface area contributed by atoms with E-state index in [1.54, 1.807) is 39.8 Å². The molecular weight excluding hydrogens is 278 g/mol. The Bertz CT molecular complexity index is 553. The van der Waals surface area contributed by atoms with Gasteiger partial charge in [0.05, 0.1) is 5.25 Å². The molecule has 1 aromatic rings. The predicted molar refractivity (Wildman–Crippen MR) is 77.8 cm³/mol. The van der Waals surface area contributed by atoms with E-state index in [0.717, 1.165) is 0 Å². The van der Waals surface area contributed by atoms with Crippen LogP contribution in [0.3, 0.4) is 0 Å². The molecule has 1 amide bonds. The highest BCUT2D eigenvalue weighted by molar-refractivity contribution is 7.90. The largest absolute Gasteiger partial charge is 0.346 e. The highest BCUT2D eigenvalue weighted by atomic mass is 32.2. The van der Waals surface area contributed by atoms with Crippen molar-refractivity contribution in [2.24, 2.45) is 0 Å². The smallest absolute Gasteiger partial charge is 0.251 e. The summed E-state index contributed by atoms with van der Waals surface area (Å²) >= 11 is 0. The molecule has 0 saturated carbocycles. The van der Waals surface area contributed by atoms with Crippen LogP contribution < -0.4 is 10.0 Å². The van der Waals surface area contributed by atoms with Crippen molar-refractivity contribution in [1.29, 1.82) is 0 Å². The molecule has 1 aromatic heterocycles. The minimum Gasteiger partial charge on any atom is -0.346 e. The fourth-order valence-electron chi connectivity index (χ4n) is 1.37. The second-order valence-electron chi connectivity index (χ2n) is 5.49. The van der Waals surface area contributed by atoms with Crippen molar-refractivity contribution in [1.82, 2.24) is 15.0 Å². The predicted octanol–water partition coefficient (Wildman–Crippen LogP) is 0.918. The summed E-state index contributed by atoms with van der Waals surface area (Å²) in [6.07, 6.45) is 3.06. The van der Waals surface area contributed by atoms with Gasteiger partial charge >= 0.3 is 0 Å². The average Bonchev–Trinajstić information content (AvgIpc) is 2.37. The average molecular weight is 299 g/mol. The van der Waals surface area contributed by atoms with Gasteiger partial charge in [-0.2, -0.15) is 0 Å². The molecule has 6 nitrogen and oxygen atoms in total.